The summed E-state index contributed by atoms with van der Waals surface area (Å²) in [7, 11) is 0. The first-order valence-electron chi connectivity index (χ1n) is 9.42. The average molecular weight is 414 g/mol. The lowest BCUT2D eigenvalue weighted by atomic mass is 9.92. The first kappa shape index (κ1) is 20.9. The number of hydrogen-bond acceptors (Lipinski definition) is 5. The number of hydrogen-bond donors (Lipinski definition) is 0. The van der Waals surface area contributed by atoms with Crippen LogP contribution >= 0.6 is 11.6 Å². The summed E-state index contributed by atoms with van der Waals surface area (Å²) >= 11 is 5.90. The van der Waals surface area contributed by atoms with Crippen LogP contribution in [0.1, 0.15) is 42.4 Å². The molecular weight excluding hydrogens is 390 g/mol. The van der Waals surface area contributed by atoms with Crippen molar-refractivity contribution in [2.24, 2.45) is 0 Å². The van der Waals surface area contributed by atoms with Gasteiger partial charge in [-0.05, 0) is 26.2 Å². The average Bonchev–Trinajstić information content (AvgIpc) is 3.15. The monoisotopic (exact) mass is 413 g/mol. The lowest BCUT2D eigenvalue weighted by molar-refractivity contribution is 0.0590. The third-order valence-corrected chi connectivity index (χ3v) is 4.91. The first-order valence-corrected chi connectivity index (χ1v) is 9.80. The number of halogens is 1. The van der Waals surface area contributed by atoms with E-state index in [0.717, 1.165) is 6.42 Å². The summed E-state index contributed by atoms with van der Waals surface area (Å²) < 4.78 is 10.9. The highest BCUT2D eigenvalue weighted by Gasteiger charge is 2.34. The summed E-state index contributed by atoms with van der Waals surface area (Å²) in [6.45, 7) is 9.87. The molecule has 152 valence electrons. The van der Waals surface area contributed by atoms with Crippen LogP contribution in [-0.2, 0) is 6.61 Å². The Balaban J connectivity index is 1.75. The van der Waals surface area contributed by atoms with Crippen molar-refractivity contribution >= 4 is 17.5 Å². The van der Waals surface area contributed by atoms with Crippen LogP contribution in [0, 0.1) is 0 Å². The molecule has 0 unspecified atom stereocenters. The van der Waals surface area contributed by atoms with Crippen molar-refractivity contribution in [3.05, 3.63) is 78.0 Å². The van der Waals surface area contributed by atoms with Crippen molar-refractivity contribution in [2.75, 3.05) is 0 Å². The predicted octanol–water partition coefficient (Wildman–Crippen LogP) is 4.98. The summed E-state index contributed by atoms with van der Waals surface area (Å²) in [5.74, 6) is 0.778. The van der Waals surface area contributed by atoms with E-state index >= 15 is 0 Å². The van der Waals surface area contributed by atoms with Crippen LogP contribution in [0.3, 0.4) is 0 Å². The largest absolute Gasteiger partial charge is 0.484 e. The molecular formula is C22H24ClN3O3. The molecule has 7 heteroatoms. The Hall–Kier alpha value is -2.86. The van der Waals surface area contributed by atoms with Gasteiger partial charge in [-0.25, -0.2) is 0 Å². The van der Waals surface area contributed by atoms with Gasteiger partial charge in [0.25, 0.3) is 5.91 Å². The highest BCUT2D eigenvalue weighted by atomic mass is 35.5. The van der Waals surface area contributed by atoms with E-state index in [-0.39, 0.29) is 30.3 Å². The molecule has 0 spiro atoms. The number of rotatable bonds is 8. The fraction of sp³-hybridized carbons (Fsp3) is 0.318. The molecule has 2 atom stereocenters. The smallest absolute Gasteiger partial charge is 0.276 e. The van der Waals surface area contributed by atoms with Gasteiger partial charge in [0.2, 0.25) is 0 Å². The zero-order valence-corrected chi connectivity index (χ0v) is 17.1. The van der Waals surface area contributed by atoms with Gasteiger partial charge >= 0.3 is 0 Å². The second-order valence-electron chi connectivity index (χ2n) is 7.01. The number of carbonyl (C=O) groups is 1. The third kappa shape index (κ3) is 5.15. The number of amides is 1. The number of aromatic nitrogens is 2. The van der Waals surface area contributed by atoms with E-state index in [0.29, 0.717) is 29.4 Å². The van der Waals surface area contributed by atoms with Gasteiger partial charge in [-0.1, -0.05) is 40.6 Å². The molecule has 1 aliphatic heterocycles. The lowest BCUT2D eigenvalue weighted by Crippen LogP contribution is -2.48. The second-order valence-corrected chi connectivity index (χ2v) is 7.44. The van der Waals surface area contributed by atoms with E-state index in [1.54, 1.807) is 18.3 Å². The molecule has 29 heavy (non-hydrogen) atoms. The van der Waals surface area contributed by atoms with Crippen molar-refractivity contribution in [1.82, 2.24) is 15.0 Å². The molecule has 0 radical (unpaired) electrons. The number of carbonyl (C=O) groups excluding carboxylic acids is 1. The van der Waals surface area contributed by atoms with E-state index in [1.165, 1.54) is 11.8 Å². The Kier molecular flexibility index (Phi) is 6.88. The van der Waals surface area contributed by atoms with Crippen molar-refractivity contribution in [1.29, 1.82) is 0 Å². The molecule has 0 bridgehead atoms. The molecule has 1 amide bonds. The maximum atomic E-state index is 13.2. The van der Waals surface area contributed by atoms with Gasteiger partial charge in [0.15, 0.2) is 11.5 Å². The second kappa shape index (κ2) is 9.56. The Morgan fingerprint density at radius 2 is 2.14 bits per heavy atom. The molecule has 0 saturated carbocycles. The standard InChI is InChI=1S/C22H24ClN3O3/c1-4-6-17-8-15(3)9-18(7-5-2)26(17)22(27)21-11-20(29-25-21)14-28-19-10-16(23)12-24-13-19/h4-5,8,10-13,17-18H,1-2,6-7,9,14H2,3H3/t17-,18-/m0/s1. The molecule has 0 N–H and O–H groups in total. The van der Waals surface area contributed by atoms with Crippen LogP contribution in [0.25, 0.3) is 0 Å². The predicted molar refractivity (Wildman–Crippen MR) is 112 cm³/mol. The molecule has 0 aromatic carbocycles. The maximum Gasteiger partial charge on any atom is 0.276 e. The zero-order chi connectivity index (χ0) is 20.8. The molecule has 2 aromatic rings. The van der Waals surface area contributed by atoms with E-state index < -0.39 is 0 Å². The van der Waals surface area contributed by atoms with Gasteiger partial charge in [-0.15, -0.1) is 13.2 Å². The van der Waals surface area contributed by atoms with Gasteiger partial charge in [0.05, 0.1) is 17.3 Å². The molecule has 3 rings (SSSR count). The normalized spacial score (nSPS) is 18.8. The molecule has 3 heterocycles. The molecule has 1 aliphatic rings. The maximum absolute atomic E-state index is 13.2. The fourth-order valence-electron chi connectivity index (χ4n) is 3.52. The van der Waals surface area contributed by atoms with Crippen LogP contribution in [0.5, 0.6) is 5.75 Å². The minimum absolute atomic E-state index is 0.0314. The van der Waals surface area contributed by atoms with Gasteiger partial charge in [0.1, 0.15) is 12.4 Å². The third-order valence-electron chi connectivity index (χ3n) is 4.71. The van der Waals surface area contributed by atoms with Gasteiger partial charge in [-0.2, -0.15) is 0 Å². The summed E-state index contributed by atoms with van der Waals surface area (Å²) in [5.41, 5.74) is 1.51. The lowest BCUT2D eigenvalue weighted by Gasteiger charge is -2.40. The van der Waals surface area contributed by atoms with Gasteiger partial charge < -0.3 is 14.2 Å². The minimum Gasteiger partial charge on any atom is -0.484 e. The van der Waals surface area contributed by atoms with Crippen LogP contribution in [0.4, 0.5) is 0 Å². The molecule has 0 aliphatic carbocycles. The van der Waals surface area contributed by atoms with Crippen LogP contribution in [0.2, 0.25) is 5.02 Å². The summed E-state index contributed by atoms with van der Waals surface area (Å²) in [6.07, 6.45) is 11.1. The molecule has 0 fully saturated rings. The van der Waals surface area contributed by atoms with Gasteiger partial charge in [-0.3, -0.25) is 9.78 Å². The molecule has 2 aromatic heterocycles. The van der Waals surface area contributed by atoms with Crippen molar-refractivity contribution in [2.45, 2.75) is 44.9 Å². The van der Waals surface area contributed by atoms with E-state index in [9.17, 15) is 4.79 Å². The SMILES string of the molecule is C=CC[C@H]1CC(C)=C[C@H](CC=C)N1C(=O)c1cc(COc2cncc(Cl)c2)on1. The summed E-state index contributed by atoms with van der Waals surface area (Å²) in [6, 6.07) is 3.23. The first-order chi connectivity index (χ1) is 14.0. The van der Waals surface area contributed by atoms with Gasteiger partial charge in [0, 0.05) is 24.4 Å². The fourth-order valence-corrected chi connectivity index (χ4v) is 3.68. The quantitative estimate of drug-likeness (QED) is 0.570. The van der Waals surface area contributed by atoms with Crippen molar-refractivity contribution in [3.63, 3.8) is 0 Å². The summed E-state index contributed by atoms with van der Waals surface area (Å²) in [5, 5.41) is 4.45. The van der Waals surface area contributed by atoms with Crippen LogP contribution in [0.15, 0.2) is 66.0 Å². The topological polar surface area (TPSA) is 68.5 Å². The summed E-state index contributed by atoms with van der Waals surface area (Å²) in [4.78, 5) is 19.1. The Labute approximate surface area is 175 Å². The minimum atomic E-state index is -0.174. The number of nitrogens with zero attached hydrogens (tertiary/aromatic N) is 3. The van der Waals surface area contributed by atoms with E-state index in [1.807, 2.05) is 17.1 Å². The van der Waals surface area contributed by atoms with Crippen molar-refractivity contribution in [3.8, 4) is 5.75 Å². The number of ether oxygens (including phenoxy) is 1. The van der Waals surface area contributed by atoms with Crippen LogP contribution in [-0.4, -0.2) is 33.0 Å². The number of pyridine rings is 1. The van der Waals surface area contributed by atoms with E-state index in [2.05, 4.69) is 36.3 Å². The highest BCUT2D eigenvalue weighted by molar-refractivity contribution is 6.30. The van der Waals surface area contributed by atoms with E-state index in [4.69, 9.17) is 20.9 Å². The Morgan fingerprint density at radius 1 is 1.34 bits per heavy atom. The highest BCUT2D eigenvalue weighted by Crippen LogP contribution is 2.28. The van der Waals surface area contributed by atoms with Crippen molar-refractivity contribution < 1.29 is 14.1 Å². The zero-order valence-electron chi connectivity index (χ0n) is 16.4. The Bertz CT molecular complexity index is 922. The van der Waals surface area contributed by atoms with Crippen LogP contribution < -0.4 is 4.74 Å². The Morgan fingerprint density at radius 3 is 2.86 bits per heavy atom. The molecule has 0 saturated heterocycles. The molecule has 6 nitrogen and oxygen atoms in total.